The number of pyridine rings is 2. The minimum Gasteiger partial charge on any atom is -0.381 e. The summed E-state index contributed by atoms with van der Waals surface area (Å²) in [5.74, 6) is 1.42. The standard InChI is InChI=1S/C20H23N5O/c1-12(2)17-9-15-13(10-22-17)11-25(14-4-7-26-8-5-14)20-18-16(3-6-21-20)23-24-19(15)18/h3,6,9-10,12,14H,4-5,7-8,11H2,1-2H3,(H,23,24). The van der Waals surface area contributed by atoms with Crippen LogP contribution in [0.4, 0.5) is 5.82 Å². The molecule has 134 valence electrons. The first-order chi connectivity index (χ1) is 12.7. The number of nitrogens with zero attached hydrogens (tertiary/aromatic N) is 4. The van der Waals surface area contributed by atoms with Gasteiger partial charge >= 0.3 is 0 Å². The summed E-state index contributed by atoms with van der Waals surface area (Å²) in [4.78, 5) is 11.9. The fourth-order valence-electron chi connectivity index (χ4n) is 4.08. The van der Waals surface area contributed by atoms with Crippen LogP contribution in [0.25, 0.3) is 22.2 Å². The van der Waals surface area contributed by atoms with Crippen molar-refractivity contribution in [2.75, 3.05) is 18.1 Å². The molecule has 0 radical (unpaired) electrons. The van der Waals surface area contributed by atoms with Crippen molar-refractivity contribution < 1.29 is 4.74 Å². The van der Waals surface area contributed by atoms with Gasteiger partial charge in [0, 0.05) is 49.5 Å². The average Bonchev–Trinajstić information content (AvgIpc) is 3.04. The molecular formula is C20H23N5O. The van der Waals surface area contributed by atoms with Crippen molar-refractivity contribution in [3.63, 3.8) is 0 Å². The number of ether oxygens (including phenoxy) is 1. The maximum Gasteiger partial charge on any atom is 0.140 e. The number of rotatable bonds is 2. The van der Waals surface area contributed by atoms with Crippen molar-refractivity contribution in [3.05, 3.63) is 35.8 Å². The molecule has 6 heteroatoms. The van der Waals surface area contributed by atoms with Crippen LogP contribution in [0.5, 0.6) is 0 Å². The summed E-state index contributed by atoms with van der Waals surface area (Å²) in [6, 6.07) is 4.65. The predicted molar refractivity (Wildman–Crippen MR) is 101 cm³/mol. The van der Waals surface area contributed by atoms with Gasteiger partial charge in [-0.05, 0) is 36.5 Å². The predicted octanol–water partition coefficient (Wildman–Crippen LogP) is 3.64. The molecule has 3 aromatic rings. The molecule has 1 saturated heterocycles. The minimum absolute atomic E-state index is 0.387. The summed E-state index contributed by atoms with van der Waals surface area (Å²) >= 11 is 0. The summed E-state index contributed by atoms with van der Waals surface area (Å²) in [7, 11) is 0. The summed E-state index contributed by atoms with van der Waals surface area (Å²) in [5, 5.41) is 8.99. The highest BCUT2D eigenvalue weighted by molar-refractivity contribution is 6.02. The summed E-state index contributed by atoms with van der Waals surface area (Å²) in [5.41, 5.74) is 5.53. The Kier molecular flexibility index (Phi) is 3.67. The van der Waals surface area contributed by atoms with E-state index in [4.69, 9.17) is 14.7 Å². The van der Waals surface area contributed by atoms with E-state index in [2.05, 4.69) is 35.0 Å². The van der Waals surface area contributed by atoms with Gasteiger partial charge in [0.2, 0.25) is 0 Å². The molecule has 2 aliphatic rings. The third kappa shape index (κ3) is 2.40. The lowest BCUT2D eigenvalue weighted by molar-refractivity contribution is 0.0840. The van der Waals surface area contributed by atoms with Crippen LogP contribution in [0.3, 0.4) is 0 Å². The lowest BCUT2D eigenvalue weighted by atomic mass is 10.0. The van der Waals surface area contributed by atoms with E-state index in [1.807, 2.05) is 18.5 Å². The molecule has 3 aromatic heterocycles. The van der Waals surface area contributed by atoms with Crippen LogP contribution in [0.1, 0.15) is 43.9 Å². The Morgan fingerprint density at radius 3 is 2.88 bits per heavy atom. The summed E-state index contributed by atoms with van der Waals surface area (Å²) in [6.07, 6.45) is 5.96. The van der Waals surface area contributed by atoms with Crippen molar-refractivity contribution >= 4 is 16.7 Å². The van der Waals surface area contributed by atoms with Gasteiger partial charge in [-0.15, -0.1) is 0 Å². The smallest absolute Gasteiger partial charge is 0.140 e. The zero-order chi connectivity index (χ0) is 17.7. The highest BCUT2D eigenvalue weighted by Gasteiger charge is 2.30. The molecule has 1 N–H and O–H groups in total. The van der Waals surface area contributed by atoms with E-state index in [1.54, 1.807) is 0 Å². The Hall–Kier alpha value is -2.47. The lowest BCUT2D eigenvalue weighted by Gasteiger charge is -2.35. The first-order valence-electron chi connectivity index (χ1n) is 9.39. The van der Waals surface area contributed by atoms with E-state index in [9.17, 15) is 0 Å². The van der Waals surface area contributed by atoms with Gasteiger partial charge in [0.15, 0.2) is 0 Å². The van der Waals surface area contributed by atoms with E-state index in [1.165, 1.54) is 11.1 Å². The first-order valence-corrected chi connectivity index (χ1v) is 9.39. The number of anilines is 1. The van der Waals surface area contributed by atoms with E-state index in [0.717, 1.165) is 60.7 Å². The van der Waals surface area contributed by atoms with Crippen LogP contribution in [0, 0.1) is 0 Å². The molecule has 1 fully saturated rings. The quantitative estimate of drug-likeness (QED) is 0.765. The number of aromatic nitrogens is 4. The second kappa shape index (κ2) is 6.06. The highest BCUT2D eigenvalue weighted by Crippen LogP contribution is 2.40. The van der Waals surface area contributed by atoms with Crippen LogP contribution in [-0.2, 0) is 11.3 Å². The van der Waals surface area contributed by atoms with E-state index in [0.29, 0.717) is 12.0 Å². The molecule has 5 rings (SSSR count). The second-order valence-electron chi connectivity index (χ2n) is 7.52. The molecule has 0 unspecified atom stereocenters. The van der Waals surface area contributed by atoms with Crippen molar-refractivity contribution in [1.82, 2.24) is 20.2 Å². The van der Waals surface area contributed by atoms with Crippen LogP contribution in [0.2, 0.25) is 0 Å². The Morgan fingerprint density at radius 1 is 1.23 bits per heavy atom. The zero-order valence-electron chi connectivity index (χ0n) is 15.2. The molecule has 6 nitrogen and oxygen atoms in total. The van der Waals surface area contributed by atoms with Crippen molar-refractivity contribution in [2.45, 2.75) is 45.2 Å². The number of nitrogens with one attached hydrogen (secondary N) is 1. The molecule has 2 aliphatic heterocycles. The maximum atomic E-state index is 5.58. The van der Waals surface area contributed by atoms with E-state index in [-0.39, 0.29) is 0 Å². The third-order valence-electron chi connectivity index (χ3n) is 5.55. The summed E-state index contributed by atoms with van der Waals surface area (Å²) in [6.45, 7) is 6.79. The van der Waals surface area contributed by atoms with Gasteiger partial charge in [-0.3, -0.25) is 10.1 Å². The molecule has 0 bridgehead atoms. The van der Waals surface area contributed by atoms with Crippen molar-refractivity contribution in [2.24, 2.45) is 0 Å². The van der Waals surface area contributed by atoms with Gasteiger partial charge in [-0.25, -0.2) is 4.98 Å². The maximum absolute atomic E-state index is 5.58. The van der Waals surface area contributed by atoms with Gasteiger partial charge < -0.3 is 9.64 Å². The van der Waals surface area contributed by atoms with E-state index >= 15 is 0 Å². The Bertz CT molecular complexity index is 958. The normalized spacial score (nSPS) is 17.6. The topological polar surface area (TPSA) is 66.9 Å². The average molecular weight is 349 g/mol. The monoisotopic (exact) mass is 349 g/mol. The fraction of sp³-hybridized carbons (Fsp3) is 0.450. The van der Waals surface area contributed by atoms with Crippen LogP contribution in [0.15, 0.2) is 24.5 Å². The molecule has 0 atom stereocenters. The molecule has 0 aliphatic carbocycles. The molecule has 0 amide bonds. The number of H-pyrrole nitrogens is 1. The number of hydrogen-bond donors (Lipinski definition) is 1. The van der Waals surface area contributed by atoms with Gasteiger partial charge in [0.25, 0.3) is 0 Å². The molecule has 26 heavy (non-hydrogen) atoms. The van der Waals surface area contributed by atoms with Gasteiger partial charge in [-0.1, -0.05) is 13.8 Å². The van der Waals surface area contributed by atoms with Gasteiger partial charge in [0.1, 0.15) is 11.5 Å². The number of aromatic amines is 1. The number of hydrogen-bond acceptors (Lipinski definition) is 5. The molecule has 5 heterocycles. The SMILES string of the molecule is CC(C)c1cc2c(cn1)CN(C1CCOCC1)c1nccc3[nH]nc-2c13. The van der Waals surface area contributed by atoms with E-state index < -0.39 is 0 Å². The second-order valence-corrected chi connectivity index (χ2v) is 7.52. The molecular weight excluding hydrogens is 326 g/mol. The Morgan fingerprint density at radius 2 is 2.08 bits per heavy atom. The van der Waals surface area contributed by atoms with Crippen molar-refractivity contribution in [1.29, 1.82) is 0 Å². The van der Waals surface area contributed by atoms with Crippen molar-refractivity contribution in [3.8, 4) is 11.3 Å². The molecule has 0 aromatic carbocycles. The number of fused-ring (bicyclic) bond motifs is 2. The zero-order valence-corrected chi connectivity index (χ0v) is 15.2. The lowest BCUT2D eigenvalue weighted by Crippen LogP contribution is -2.39. The largest absolute Gasteiger partial charge is 0.381 e. The Labute approximate surface area is 152 Å². The molecule has 0 spiro atoms. The third-order valence-corrected chi connectivity index (χ3v) is 5.55. The van der Waals surface area contributed by atoms with Crippen LogP contribution in [-0.4, -0.2) is 39.4 Å². The highest BCUT2D eigenvalue weighted by atomic mass is 16.5. The first kappa shape index (κ1) is 15.8. The fourth-order valence-corrected chi connectivity index (χ4v) is 4.08. The van der Waals surface area contributed by atoms with Gasteiger partial charge in [0.05, 0.1) is 10.9 Å². The van der Waals surface area contributed by atoms with Crippen LogP contribution >= 0.6 is 0 Å². The summed E-state index contributed by atoms with van der Waals surface area (Å²) < 4.78 is 5.58. The Balaban J connectivity index is 1.73. The molecule has 0 saturated carbocycles. The van der Waals surface area contributed by atoms with Crippen LogP contribution < -0.4 is 4.90 Å². The van der Waals surface area contributed by atoms with Gasteiger partial charge in [-0.2, -0.15) is 5.10 Å². The minimum atomic E-state index is 0.387.